The molecule has 0 fully saturated rings. The summed E-state index contributed by atoms with van der Waals surface area (Å²) in [6, 6.07) is 2.94. The van der Waals surface area contributed by atoms with E-state index in [1.165, 1.54) is 0 Å². The Hall–Kier alpha value is -0.810. The Morgan fingerprint density at radius 2 is 2.40 bits per heavy atom. The number of nitriles is 1. The predicted octanol–water partition coefficient (Wildman–Crippen LogP) is 1.21. The molecule has 1 heterocycles. The molecule has 0 aromatic carbocycles. The van der Waals surface area contributed by atoms with Crippen LogP contribution < -0.4 is 5.32 Å². The monoisotopic (exact) mass is 136 g/mol. The van der Waals surface area contributed by atoms with E-state index in [0.29, 0.717) is 6.04 Å². The summed E-state index contributed by atoms with van der Waals surface area (Å²) < 4.78 is 0. The maximum Gasteiger partial charge on any atom is 0.0960 e. The summed E-state index contributed by atoms with van der Waals surface area (Å²) in [6.45, 7) is 4.14. The first-order valence-corrected chi connectivity index (χ1v) is 3.60. The van der Waals surface area contributed by atoms with Crippen molar-refractivity contribution in [1.29, 1.82) is 5.26 Å². The lowest BCUT2D eigenvalue weighted by Crippen LogP contribution is -2.38. The van der Waals surface area contributed by atoms with E-state index in [4.69, 9.17) is 5.26 Å². The van der Waals surface area contributed by atoms with Gasteiger partial charge in [-0.05, 0) is 20.3 Å². The van der Waals surface area contributed by atoms with Gasteiger partial charge in [-0.1, -0.05) is 6.08 Å². The van der Waals surface area contributed by atoms with Crippen LogP contribution in [0.1, 0.15) is 20.3 Å². The minimum atomic E-state index is 0.244. The third kappa shape index (κ3) is 1.37. The van der Waals surface area contributed by atoms with E-state index in [1.54, 1.807) is 0 Å². The Balaban J connectivity index is 2.68. The molecule has 1 aliphatic heterocycles. The highest BCUT2D eigenvalue weighted by atomic mass is 14.9. The number of nitrogens with zero attached hydrogens (tertiary/aromatic N) is 1. The third-order valence-corrected chi connectivity index (χ3v) is 1.82. The lowest BCUT2D eigenvalue weighted by Gasteiger charge is -2.23. The molecule has 2 unspecified atom stereocenters. The fraction of sp³-hybridized carbons (Fsp3) is 0.625. The summed E-state index contributed by atoms with van der Waals surface area (Å²) in [6.07, 6.45) is 3.00. The molecule has 54 valence electrons. The zero-order valence-electron chi connectivity index (χ0n) is 6.39. The fourth-order valence-corrected chi connectivity index (χ4v) is 1.21. The zero-order chi connectivity index (χ0) is 7.56. The van der Waals surface area contributed by atoms with Gasteiger partial charge in [-0.2, -0.15) is 5.26 Å². The van der Waals surface area contributed by atoms with E-state index in [0.717, 1.165) is 12.0 Å². The first kappa shape index (κ1) is 7.30. The molecule has 0 aliphatic carbocycles. The van der Waals surface area contributed by atoms with Crippen LogP contribution >= 0.6 is 0 Å². The number of hydrogen-bond donors (Lipinski definition) is 1. The molecule has 1 N–H and O–H groups in total. The van der Waals surface area contributed by atoms with Crippen molar-refractivity contribution in [3.8, 4) is 6.07 Å². The highest BCUT2D eigenvalue weighted by Gasteiger charge is 2.15. The van der Waals surface area contributed by atoms with E-state index >= 15 is 0 Å². The normalized spacial score (nSPS) is 32.7. The van der Waals surface area contributed by atoms with Crippen LogP contribution in [0.4, 0.5) is 0 Å². The highest BCUT2D eigenvalue weighted by Crippen LogP contribution is 2.10. The van der Waals surface area contributed by atoms with Gasteiger partial charge in [0, 0.05) is 17.7 Å². The van der Waals surface area contributed by atoms with Gasteiger partial charge in [-0.15, -0.1) is 0 Å². The van der Waals surface area contributed by atoms with E-state index in [-0.39, 0.29) is 6.04 Å². The van der Waals surface area contributed by atoms with Gasteiger partial charge in [0.15, 0.2) is 0 Å². The zero-order valence-corrected chi connectivity index (χ0v) is 6.39. The Morgan fingerprint density at radius 3 is 2.90 bits per heavy atom. The summed E-state index contributed by atoms with van der Waals surface area (Å²) in [4.78, 5) is 0. The van der Waals surface area contributed by atoms with Crippen LogP contribution in [0.5, 0.6) is 0 Å². The van der Waals surface area contributed by atoms with Crippen molar-refractivity contribution < 1.29 is 0 Å². The Morgan fingerprint density at radius 1 is 1.70 bits per heavy atom. The van der Waals surface area contributed by atoms with Crippen LogP contribution in [-0.4, -0.2) is 12.1 Å². The van der Waals surface area contributed by atoms with E-state index in [1.807, 2.05) is 13.0 Å². The molecule has 10 heavy (non-hydrogen) atoms. The summed E-state index contributed by atoms with van der Waals surface area (Å²) in [5.74, 6) is 0. The van der Waals surface area contributed by atoms with Gasteiger partial charge in [0.2, 0.25) is 0 Å². The molecule has 0 saturated carbocycles. The van der Waals surface area contributed by atoms with Gasteiger partial charge in [-0.25, -0.2) is 0 Å². The van der Waals surface area contributed by atoms with Gasteiger partial charge >= 0.3 is 0 Å². The smallest absolute Gasteiger partial charge is 0.0960 e. The van der Waals surface area contributed by atoms with Crippen molar-refractivity contribution in [3.05, 3.63) is 11.6 Å². The molecule has 1 rings (SSSR count). The topological polar surface area (TPSA) is 35.8 Å². The standard InChI is InChI=1S/C8H12N2/c1-6-3-4-8(5-9)7(2)10-6/h4,6-7,10H,3H2,1-2H3. The van der Waals surface area contributed by atoms with Crippen molar-refractivity contribution in [3.63, 3.8) is 0 Å². The third-order valence-electron chi connectivity index (χ3n) is 1.82. The fourth-order valence-electron chi connectivity index (χ4n) is 1.21. The van der Waals surface area contributed by atoms with Gasteiger partial charge in [-0.3, -0.25) is 0 Å². The van der Waals surface area contributed by atoms with E-state index in [2.05, 4.69) is 18.3 Å². The van der Waals surface area contributed by atoms with Gasteiger partial charge in [0.05, 0.1) is 6.07 Å². The van der Waals surface area contributed by atoms with Crippen LogP contribution in [0.3, 0.4) is 0 Å². The van der Waals surface area contributed by atoms with E-state index < -0.39 is 0 Å². The second-order valence-corrected chi connectivity index (χ2v) is 2.80. The van der Waals surface area contributed by atoms with Crippen molar-refractivity contribution in [2.75, 3.05) is 0 Å². The lowest BCUT2D eigenvalue weighted by molar-refractivity contribution is 0.488. The van der Waals surface area contributed by atoms with E-state index in [9.17, 15) is 0 Å². The SMILES string of the molecule is CC1CC=C(C#N)C(C)N1. The second kappa shape index (κ2) is 2.85. The van der Waals surface area contributed by atoms with Gasteiger partial charge in [0.1, 0.15) is 0 Å². The Labute approximate surface area is 61.5 Å². The van der Waals surface area contributed by atoms with Crippen molar-refractivity contribution in [2.24, 2.45) is 0 Å². The number of hydrogen-bond acceptors (Lipinski definition) is 2. The summed E-state index contributed by atoms with van der Waals surface area (Å²) in [5.41, 5.74) is 0.873. The molecule has 1 aliphatic rings. The minimum Gasteiger partial charge on any atom is -0.307 e. The van der Waals surface area contributed by atoms with Gasteiger partial charge in [0.25, 0.3) is 0 Å². The van der Waals surface area contributed by atoms with Crippen LogP contribution in [-0.2, 0) is 0 Å². The molecular weight excluding hydrogens is 124 g/mol. The molecule has 0 amide bonds. The van der Waals surface area contributed by atoms with Crippen molar-refractivity contribution in [2.45, 2.75) is 32.4 Å². The van der Waals surface area contributed by atoms with Crippen LogP contribution in [0.25, 0.3) is 0 Å². The van der Waals surface area contributed by atoms with Gasteiger partial charge < -0.3 is 5.32 Å². The molecular formula is C8H12N2. The predicted molar refractivity (Wildman–Crippen MR) is 40.4 cm³/mol. The van der Waals surface area contributed by atoms with Crippen LogP contribution in [0, 0.1) is 11.3 Å². The second-order valence-electron chi connectivity index (χ2n) is 2.80. The summed E-state index contributed by atoms with van der Waals surface area (Å²) >= 11 is 0. The first-order chi connectivity index (χ1) is 4.74. The lowest BCUT2D eigenvalue weighted by atomic mass is 10.0. The summed E-state index contributed by atoms with van der Waals surface area (Å²) in [5, 5.41) is 11.9. The average Bonchev–Trinajstić information content (AvgIpc) is 1.88. The van der Waals surface area contributed by atoms with Crippen molar-refractivity contribution in [1.82, 2.24) is 5.32 Å². The molecule has 0 spiro atoms. The number of rotatable bonds is 0. The molecule has 2 atom stereocenters. The quantitative estimate of drug-likeness (QED) is 0.543. The molecule has 0 aromatic heterocycles. The largest absolute Gasteiger partial charge is 0.307 e. The molecule has 2 heteroatoms. The average molecular weight is 136 g/mol. The van der Waals surface area contributed by atoms with Crippen molar-refractivity contribution >= 4 is 0 Å². The molecule has 0 radical (unpaired) electrons. The first-order valence-electron chi connectivity index (χ1n) is 3.60. The maximum absolute atomic E-state index is 8.59. The molecule has 0 bridgehead atoms. The Bertz CT molecular complexity index is 188. The molecule has 0 aromatic rings. The number of nitrogens with one attached hydrogen (secondary N) is 1. The summed E-state index contributed by atoms with van der Waals surface area (Å²) in [7, 11) is 0. The molecule has 2 nitrogen and oxygen atoms in total. The highest BCUT2D eigenvalue weighted by molar-refractivity contribution is 5.28. The molecule has 0 saturated heterocycles. The van der Waals surface area contributed by atoms with Crippen LogP contribution in [0.2, 0.25) is 0 Å². The maximum atomic E-state index is 8.59. The minimum absolute atomic E-state index is 0.244. The van der Waals surface area contributed by atoms with Crippen LogP contribution in [0.15, 0.2) is 11.6 Å². The Kier molecular flexibility index (Phi) is 2.08.